The summed E-state index contributed by atoms with van der Waals surface area (Å²) in [6.07, 6.45) is 0. The van der Waals surface area contributed by atoms with Crippen molar-refractivity contribution in [3.8, 4) is 17.2 Å². The van der Waals surface area contributed by atoms with Gasteiger partial charge < -0.3 is 24.5 Å². The first-order valence-electron chi connectivity index (χ1n) is 5.63. The zero-order valence-electron chi connectivity index (χ0n) is 10.8. The van der Waals surface area contributed by atoms with Crippen LogP contribution < -0.4 is 19.9 Å². The molecule has 2 N–H and O–H groups in total. The highest BCUT2D eigenvalue weighted by Crippen LogP contribution is 2.36. The largest absolute Gasteiger partial charge is 0.493 e. The highest BCUT2D eigenvalue weighted by atomic mass is 16.5. The van der Waals surface area contributed by atoms with Gasteiger partial charge in [0, 0.05) is 0 Å². The quantitative estimate of drug-likeness (QED) is 0.836. The zero-order chi connectivity index (χ0) is 13.7. The molecule has 102 valence electrons. The van der Waals surface area contributed by atoms with Crippen LogP contribution in [0.3, 0.4) is 0 Å². The lowest BCUT2D eigenvalue weighted by molar-refractivity contribution is 0.262. The number of para-hydroxylation sites is 1. The maximum absolute atomic E-state index is 5.58. The molecule has 19 heavy (non-hydrogen) atoms. The number of methoxy groups -OCH3 is 2. The van der Waals surface area contributed by atoms with Crippen molar-refractivity contribution < 1.29 is 18.7 Å². The number of benzene rings is 1. The van der Waals surface area contributed by atoms with Crippen LogP contribution in [0.1, 0.15) is 11.7 Å². The fraction of sp³-hybridized carbons (Fsp3) is 0.333. The molecule has 0 fully saturated rings. The van der Waals surface area contributed by atoms with Gasteiger partial charge in [-0.2, -0.15) is 4.98 Å². The van der Waals surface area contributed by atoms with Crippen molar-refractivity contribution in [3.05, 3.63) is 29.9 Å². The van der Waals surface area contributed by atoms with E-state index in [4.69, 9.17) is 24.5 Å². The summed E-state index contributed by atoms with van der Waals surface area (Å²) in [5.74, 6) is 2.45. The van der Waals surface area contributed by atoms with E-state index in [1.807, 2.05) is 0 Å². The molecule has 7 nitrogen and oxygen atoms in total. The SMILES string of the molecule is COc1cccc(OCc2noc(CN)n2)c1OC. The van der Waals surface area contributed by atoms with Gasteiger partial charge >= 0.3 is 0 Å². The average molecular weight is 265 g/mol. The summed E-state index contributed by atoms with van der Waals surface area (Å²) < 4.78 is 20.9. The first kappa shape index (κ1) is 13.2. The molecule has 0 atom stereocenters. The highest BCUT2D eigenvalue weighted by Gasteiger charge is 2.12. The van der Waals surface area contributed by atoms with E-state index in [1.54, 1.807) is 32.4 Å². The Bertz CT molecular complexity index is 542. The van der Waals surface area contributed by atoms with Gasteiger partial charge in [0.1, 0.15) is 0 Å². The van der Waals surface area contributed by atoms with Crippen LogP contribution in [-0.4, -0.2) is 24.4 Å². The van der Waals surface area contributed by atoms with Crippen molar-refractivity contribution in [1.29, 1.82) is 0 Å². The maximum atomic E-state index is 5.58. The Morgan fingerprint density at radius 3 is 2.63 bits per heavy atom. The second kappa shape index (κ2) is 6.05. The van der Waals surface area contributed by atoms with Gasteiger partial charge in [0.05, 0.1) is 20.8 Å². The fourth-order valence-corrected chi connectivity index (χ4v) is 1.55. The molecule has 1 heterocycles. The van der Waals surface area contributed by atoms with E-state index in [0.29, 0.717) is 29.0 Å². The fourth-order valence-electron chi connectivity index (χ4n) is 1.55. The lowest BCUT2D eigenvalue weighted by atomic mass is 10.3. The van der Waals surface area contributed by atoms with Crippen LogP contribution in [0.15, 0.2) is 22.7 Å². The number of aromatic nitrogens is 2. The van der Waals surface area contributed by atoms with Crippen molar-refractivity contribution in [1.82, 2.24) is 10.1 Å². The summed E-state index contributed by atoms with van der Waals surface area (Å²) in [4.78, 5) is 4.04. The van der Waals surface area contributed by atoms with Crippen LogP contribution >= 0.6 is 0 Å². The summed E-state index contributed by atoms with van der Waals surface area (Å²) in [6, 6.07) is 5.36. The molecule has 0 radical (unpaired) electrons. The summed E-state index contributed by atoms with van der Waals surface area (Å²) >= 11 is 0. The van der Waals surface area contributed by atoms with E-state index in [1.165, 1.54) is 0 Å². The Balaban J connectivity index is 2.10. The van der Waals surface area contributed by atoms with Crippen molar-refractivity contribution in [3.63, 3.8) is 0 Å². The molecule has 0 aliphatic heterocycles. The third-order valence-electron chi connectivity index (χ3n) is 2.41. The van der Waals surface area contributed by atoms with Crippen molar-refractivity contribution in [2.45, 2.75) is 13.2 Å². The molecular formula is C12H15N3O4. The summed E-state index contributed by atoms with van der Waals surface area (Å²) in [7, 11) is 3.11. The average Bonchev–Trinajstić information content (AvgIpc) is 2.92. The predicted octanol–water partition coefficient (Wildman–Crippen LogP) is 1.12. The standard InChI is InChI=1S/C12H15N3O4/c1-16-8-4-3-5-9(12(8)17-2)18-7-10-14-11(6-13)19-15-10/h3-5H,6-7,13H2,1-2H3. The van der Waals surface area contributed by atoms with E-state index in [9.17, 15) is 0 Å². The van der Waals surface area contributed by atoms with E-state index >= 15 is 0 Å². The molecule has 2 aromatic rings. The van der Waals surface area contributed by atoms with Crippen LogP contribution in [0.25, 0.3) is 0 Å². The molecule has 0 bridgehead atoms. The number of ether oxygens (including phenoxy) is 3. The number of rotatable bonds is 6. The molecule has 7 heteroatoms. The van der Waals surface area contributed by atoms with Crippen LogP contribution in [0.5, 0.6) is 17.2 Å². The van der Waals surface area contributed by atoms with Gasteiger partial charge in [0.15, 0.2) is 18.1 Å². The van der Waals surface area contributed by atoms with Gasteiger partial charge in [-0.1, -0.05) is 11.2 Å². The molecular weight excluding hydrogens is 250 g/mol. The highest BCUT2D eigenvalue weighted by molar-refractivity contribution is 5.50. The van der Waals surface area contributed by atoms with E-state index < -0.39 is 0 Å². The topological polar surface area (TPSA) is 92.6 Å². The number of nitrogens with zero attached hydrogens (tertiary/aromatic N) is 2. The minimum Gasteiger partial charge on any atom is -0.493 e. The third-order valence-corrected chi connectivity index (χ3v) is 2.41. The Kier molecular flexibility index (Phi) is 4.19. The Morgan fingerprint density at radius 1 is 1.21 bits per heavy atom. The summed E-state index contributed by atoms with van der Waals surface area (Å²) in [6.45, 7) is 0.364. The predicted molar refractivity (Wildman–Crippen MR) is 66.1 cm³/mol. The van der Waals surface area contributed by atoms with Crippen LogP contribution in [0, 0.1) is 0 Å². The lowest BCUT2D eigenvalue weighted by Crippen LogP contribution is -2.01. The molecule has 0 saturated heterocycles. The zero-order valence-corrected chi connectivity index (χ0v) is 10.8. The Labute approximate surface area is 110 Å². The van der Waals surface area contributed by atoms with Crippen molar-refractivity contribution in [2.24, 2.45) is 5.73 Å². The summed E-state index contributed by atoms with van der Waals surface area (Å²) in [5.41, 5.74) is 5.38. The number of hydrogen-bond acceptors (Lipinski definition) is 7. The molecule has 0 amide bonds. The van der Waals surface area contributed by atoms with Crippen LogP contribution in [-0.2, 0) is 13.2 Å². The van der Waals surface area contributed by atoms with Gasteiger partial charge in [0.2, 0.25) is 17.5 Å². The van der Waals surface area contributed by atoms with Crippen LogP contribution in [0.4, 0.5) is 0 Å². The molecule has 1 aromatic carbocycles. The van der Waals surface area contributed by atoms with E-state index in [-0.39, 0.29) is 13.2 Å². The second-order valence-electron chi connectivity index (χ2n) is 3.59. The first-order valence-corrected chi connectivity index (χ1v) is 5.63. The molecule has 0 spiro atoms. The maximum Gasteiger partial charge on any atom is 0.240 e. The lowest BCUT2D eigenvalue weighted by Gasteiger charge is -2.12. The second-order valence-corrected chi connectivity index (χ2v) is 3.59. The molecule has 0 aliphatic carbocycles. The summed E-state index contributed by atoms with van der Waals surface area (Å²) in [5, 5.41) is 3.74. The molecule has 0 saturated carbocycles. The van der Waals surface area contributed by atoms with E-state index in [0.717, 1.165) is 0 Å². The Hall–Kier alpha value is -2.28. The van der Waals surface area contributed by atoms with Crippen LogP contribution in [0.2, 0.25) is 0 Å². The van der Waals surface area contributed by atoms with Gasteiger partial charge in [-0.05, 0) is 12.1 Å². The Morgan fingerprint density at radius 2 is 2.00 bits per heavy atom. The number of hydrogen-bond donors (Lipinski definition) is 1. The van der Waals surface area contributed by atoms with Gasteiger partial charge in [-0.25, -0.2) is 0 Å². The first-order chi connectivity index (χ1) is 9.28. The van der Waals surface area contributed by atoms with Gasteiger partial charge in [0.25, 0.3) is 0 Å². The van der Waals surface area contributed by atoms with Crippen molar-refractivity contribution >= 4 is 0 Å². The number of nitrogens with two attached hydrogens (primary N) is 1. The molecule has 0 unspecified atom stereocenters. The van der Waals surface area contributed by atoms with Crippen molar-refractivity contribution in [2.75, 3.05) is 14.2 Å². The minimum atomic E-state index is 0.160. The monoisotopic (exact) mass is 265 g/mol. The van der Waals surface area contributed by atoms with E-state index in [2.05, 4.69) is 10.1 Å². The molecule has 2 rings (SSSR count). The molecule has 0 aliphatic rings. The normalized spacial score (nSPS) is 10.3. The molecule has 1 aromatic heterocycles. The van der Waals surface area contributed by atoms with Gasteiger partial charge in [-0.3, -0.25) is 0 Å². The third kappa shape index (κ3) is 2.94. The smallest absolute Gasteiger partial charge is 0.240 e. The van der Waals surface area contributed by atoms with Gasteiger partial charge in [-0.15, -0.1) is 0 Å². The minimum absolute atomic E-state index is 0.160.